The van der Waals surface area contributed by atoms with Crippen LogP contribution in [-0.2, 0) is 11.8 Å². The molecule has 0 radical (unpaired) electrons. The number of pyridine rings is 1. The summed E-state index contributed by atoms with van der Waals surface area (Å²) in [6.45, 7) is 3.25. The number of benzene rings is 1. The van der Waals surface area contributed by atoms with E-state index < -0.39 is 0 Å². The van der Waals surface area contributed by atoms with Crippen molar-refractivity contribution in [3.8, 4) is 0 Å². The Labute approximate surface area is 168 Å². The number of hydrogen-bond donors (Lipinski definition) is 2. The zero-order valence-electron chi connectivity index (χ0n) is 16.4. The van der Waals surface area contributed by atoms with Gasteiger partial charge >= 0.3 is 0 Å². The lowest BCUT2D eigenvalue weighted by atomic mass is 9.77. The average molecular weight is 389 g/mol. The largest absolute Gasteiger partial charge is 0.368 e. The van der Waals surface area contributed by atoms with Crippen molar-refractivity contribution in [3.63, 3.8) is 0 Å². The van der Waals surface area contributed by atoms with Crippen molar-refractivity contribution in [1.82, 2.24) is 19.9 Å². The van der Waals surface area contributed by atoms with E-state index in [1.165, 1.54) is 6.07 Å². The topological polar surface area (TPSA) is 105 Å². The maximum Gasteiger partial charge on any atom is 0.254 e. The number of fused-ring (bicyclic) bond motifs is 3. The molecule has 1 unspecified atom stereocenters. The molecule has 0 bridgehead atoms. The second-order valence-electron chi connectivity index (χ2n) is 8.31. The van der Waals surface area contributed by atoms with Gasteiger partial charge in [-0.05, 0) is 50.3 Å². The minimum atomic E-state index is -0.261. The van der Waals surface area contributed by atoms with Crippen molar-refractivity contribution in [2.75, 3.05) is 18.8 Å². The highest BCUT2D eigenvalue weighted by molar-refractivity contribution is 6.06. The molecule has 1 aliphatic heterocycles. The van der Waals surface area contributed by atoms with Crippen LogP contribution in [0.25, 0.3) is 10.9 Å². The number of likely N-dealkylation sites (tertiary alicyclic amines) is 1. The number of rotatable bonds is 1. The van der Waals surface area contributed by atoms with Crippen molar-refractivity contribution in [3.05, 3.63) is 63.2 Å². The maximum absolute atomic E-state index is 13.5. The predicted octanol–water partition coefficient (Wildman–Crippen LogP) is 2.33. The summed E-state index contributed by atoms with van der Waals surface area (Å²) < 4.78 is 0. The molecule has 1 amide bonds. The highest BCUT2D eigenvalue weighted by atomic mass is 16.2. The van der Waals surface area contributed by atoms with Crippen LogP contribution in [0.2, 0.25) is 0 Å². The molecule has 29 heavy (non-hydrogen) atoms. The Morgan fingerprint density at radius 2 is 2.14 bits per heavy atom. The molecule has 3 aromatic rings. The third-order valence-electron chi connectivity index (χ3n) is 6.35. The molecule has 148 valence electrons. The first kappa shape index (κ1) is 17.8. The van der Waals surface area contributed by atoms with Crippen molar-refractivity contribution >= 4 is 22.8 Å². The van der Waals surface area contributed by atoms with Crippen LogP contribution in [0.1, 0.15) is 46.4 Å². The molecule has 7 nitrogen and oxygen atoms in total. The summed E-state index contributed by atoms with van der Waals surface area (Å²) in [6, 6.07) is 7.17. The Kier molecular flexibility index (Phi) is 3.94. The van der Waals surface area contributed by atoms with E-state index in [9.17, 15) is 9.59 Å². The van der Waals surface area contributed by atoms with Crippen LogP contribution in [0.5, 0.6) is 0 Å². The van der Waals surface area contributed by atoms with E-state index in [1.807, 2.05) is 36.2 Å². The first-order valence-electron chi connectivity index (χ1n) is 10.0. The van der Waals surface area contributed by atoms with Gasteiger partial charge in [-0.1, -0.05) is 11.6 Å². The molecule has 1 aliphatic carbocycles. The minimum Gasteiger partial charge on any atom is -0.368 e. The second-order valence-corrected chi connectivity index (χ2v) is 8.31. The summed E-state index contributed by atoms with van der Waals surface area (Å²) in [6.07, 6.45) is 5.55. The highest BCUT2D eigenvalue weighted by Crippen LogP contribution is 2.44. The van der Waals surface area contributed by atoms with Gasteiger partial charge in [0, 0.05) is 41.7 Å². The summed E-state index contributed by atoms with van der Waals surface area (Å²) in [5, 5.41) is 0.785. The Morgan fingerprint density at radius 1 is 1.28 bits per heavy atom. The third-order valence-corrected chi connectivity index (χ3v) is 6.35. The van der Waals surface area contributed by atoms with E-state index in [1.54, 1.807) is 0 Å². The molecule has 1 aromatic carbocycles. The van der Waals surface area contributed by atoms with Crippen LogP contribution in [0.3, 0.4) is 0 Å². The van der Waals surface area contributed by atoms with Crippen molar-refractivity contribution < 1.29 is 4.79 Å². The van der Waals surface area contributed by atoms with Crippen molar-refractivity contribution in [2.24, 2.45) is 0 Å². The highest BCUT2D eigenvalue weighted by Gasteiger charge is 2.45. The lowest BCUT2D eigenvalue weighted by Crippen LogP contribution is -2.48. The third kappa shape index (κ3) is 2.88. The fraction of sp³-hybridized carbons (Fsp3) is 0.364. The van der Waals surface area contributed by atoms with E-state index in [0.717, 1.165) is 47.9 Å². The van der Waals surface area contributed by atoms with Gasteiger partial charge in [0.05, 0.1) is 11.3 Å². The molecular formula is C22H23N5O2. The molecule has 1 saturated heterocycles. The van der Waals surface area contributed by atoms with Gasteiger partial charge in [0.15, 0.2) is 0 Å². The van der Waals surface area contributed by atoms with Gasteiger partial charge < -0.3 is 15.6 Å². The van der Waals surface area contributed by atoms with E-state index in [0.29, 0.717) is 24.2 Å². The predicted molar refractivity (Wildman–Crippen MR) is 111 cm³/mol. The number of nitrogens with two attached hydrogens (primary N) is 1. The van der Waals surface area contributed by atoms with Crippen LogP contribution < -0.4 is 11.3 Å². The number of nitrogens with zero attached hydrogens (tertiary/aromatic N) is 3. The number of aromatic amines is 1. The normalized spacial score (nSPS) is 20.9. The number of anilines is 1. The summed E-state index contributed by atoms with van der Waals surface area (Å²) in [7, 11) is 0. The molecule has 2 aromatic heterocycles. The van der Waals surface area contributed by atoms with Crippen LogP contribution in [0, 0.1) is 6.92 Å². The molecule has 5 rings (SSSR count). The minimum absolute atomic E-state index is 0.0961. The number of nitrogens with one attached hydrogen (secondary N) is 1. The van der Waals surface area contributed by atoms with Crippen LogP contribution in [0.15, 0.2) is 35.3 Å². The number of H-pyrrole nitrogens is 1. The molecule has 3 heterocycles. The monoisotopic (exact) mass is 389 g/mol. The fourth-order valence-corrected chi connectivity index (χ4v) is 4.97. The van der Waals surface area contributed by atoms with E-state index in [-0.39, 0.29) is 22.8 Å². The van der Waals surface area contributed by atoms with E-state index >= 15 is 0 Å². The van der Waals surface area contributed by atoms with Gasteiger partial charge in [0.25, 0.3) is 5.91 Å². The van der Waals surface area contributed by atoms with Gasteiger partial charge in [0.2, 0.25) is 11.5 Å². The number of carbonyl (C=O) groups excluding carboxylic acids is 1. The van der Waals surface area contributed by atoms with Gasteiger partial charge in [-0.25, -0.2) is 9.97 Å². The Morgan fingerprint density at radius 3 is 3.00 bits per heavy atom. The summed E-state index contributed by atoms with van der Waals surface area (Å²) >= 11 is 0. The van der Waals surface area contributed by atoms with Crippen LogP contribution in [0.4, 0.5) is 5.95 Å². The first-order chi connectivity index (χ1) is 13.9. The molecule has 7 heteroatoms. The summed E-state index contributed by atoms with van der Waals surface area (Å²) in [4.78, 5) is 39.1. The Hall–Kier alpha value is -3.22. The number of amides is 1. The Balaban J connectivity index is 1.54. The second kappa shape index (κ2) is 6.40. The maximum atomic E-state index is 13.5. The van der Waals surface area contributed by atoms with Crippen molar-refractivity contribution in [1.29, 1.82) is 0 Å². The average Bonchev–Trinajstić information content (AvgIpc) is 3.04. The number of carbonyl (C=O) groups is 1. The van der Waals surface area contributed by atoms with Crippen LogP contribution in [-0.4, -0.2) is 38.8 Å². The van der Waals surface area contributed by atoms with Gasteiger partial charge in [-0.3, -0.25) is 9.59 Å². The van der Waals surface area contributed by atoms with Gasteiger partial charge in [-0.15, -0.1) is 0 Å². The number of aryl methyl sites for hydroxylation is 2. The molecule has 0 saturated carbocycles. The zero-order valence-corrected chi connectivity index (χ0v) is 16.4. The van der Waals surface area contributed by atoms with Gasteiger partial charge in [0.1, 0.15) is 0 Å². The van der Waals surface area contributed by atoms with Crippen molar-refractivity contribution in [2.45, 2.75) is 38.0 Å². The molecular weight excluding hydrogens is 366 g/mol. The smallest absolute Gasteiger partial charge is 0.254 e. The van der Waals surface area contributed by atoms with E-state index in [4.69, 9.17) is 5.73 Å². The SMILES string of the molecule is Cc1ccc2[nH]c(=O)cc(C(=O)N3CCCC4(CCc5cnc(N)nc54)C3)c2c1. The fourth-order valence-electron chi connectivity index (χ4n) is 4.97. The number of aromatic nitrogens is 3. The lowest BCUT2D eigenvalue weighted by Gasteiger charge is -2.40. The molecule has 1 spiro atoms. The molecule has 3 N–H and O–H groups in total. The summed E-state index contributed by atoms with van der Waals surface area (Å²) in [5.74, 6) is 0.186. The molecule has 1 fully saturated rings. The van der Waals surface area contributed by atoms with E-state index in [2.05, 4.69) is 15.0 Å². The number of piperidine rings is 1. The molecule has 1 atom stereocenters. The number of hydrogen-bond acceptors (Lipinski definition) is 5. The van der Waals surface area contributed by atoms with Gasteiger partial charge in [-0.2, -0.15) is 0 Å². The lowest BCUT2D eigenvalue weighted by molar-refractivity contribution is 0.0635. The Bertz CT molecular complexity index is 1200. The molecule has 2 aliphatic rings. The number of nitrogen functional groups attached to an aromatic ring is 1. The zero-order chi connectivity index (χ0) is 20.2. The first-order valence-corrected chi connectivity index (χ1v) is 10.0. The quantitative estimate of drug-likeness (QED) is 0.665. The van der Waals surface area contributed by atoms with Crippen LogP contribution >= 0.6 is 0 Å². The summed E-state index contributed by atoms with van der Waals surface area (Å²) in [5.41, 5.74) is 9.74. The standard InChI is InChI=1S/C22H23N5O2/c1-13-3-4-17-15(9-13)16(10-18(28)25-17)20(29)27-8-2-6-22(12-27)7-5-14-11-24-21(23)26-19(14)22/h3-4,9-11H,2,5-8,12H2,1H3,(H,25,28)(H2,23,24,26).